The SMILES string of the molecule is N#[N+]/C=C(/O)C(=O)Nc1ccc(N)cc1. The van der Waals surface area contributed by atoms with Gasteiger partial charge in [-0.25, -0.2) is 0 Å². The van der Waals surface area contributed by atoms with Crippen LogP contribution in [0.25, 0.3) is 4.98 Å². The summed E-state index contributed by atoms with van der Waals surface area (Å²) in [5, 5.41) is 19.5. The minimum atomic E-state index is -0.766. The Bertz CT molecular complexity index is 430. The van der Waals surface area contributed by atoms with Crippen molar-refractivity contribution in [2.24, 2.45) is 0 Å². The fourth-order valence-electron chi connectivity index (χ4n) is 0.875. The number of benzene rings is 1. The second kappa shape index (κ2) is 4.62. The number of aliphatic hydroxyl groups excluding tert-OH is 1. The van der Waals surface area contributed by atoms with Gasteiger partial charge in [0.25, 0.3) is 11.7 Å². The van der Waals surface area contributed by atoms with Gasteiger partial charge < -0.3 is 16.2 Å². The number of amides is 1. The van der Waals surface area contributed by atoms with Crippen molar-refractivity contribution < 1.29 is 9.90 Å². The third kappa shape index (κ3) is 3.00. The van der Waals surface area contributed by atoms with Gasteiger partial charge in [-0.05, 0) is 24.3 Å². The van der Waals surface area contributed by atoms with Crippen LogP contribution in [0.5, 0.6) is 0 Å². The van der Waals surface area contributed by atoms with E-state index in [0.29, 0.717) is 17.6 Å². The van der Waals surface area contributed by atoms with Crippen LogP contribution in [-0.2, 0) is 4.79 Å². The highest BCUT2D eigenvalue weighted by molar-refractivity contribution is 6.02. The van der Waals surface area contributed by atoms with E-state index in [4.69, 9.17) is 16.2 Å². The second-order valence-electron chi connectivity index (χ2n) is 2.71. The van der Waals surface area contributed by atoms with E-state index in [2.05, 4.69) is 10.3 Å². The third-order valence-electron chi connectivity index (χ3n) is 1.58. The van der Waals surface area contributed by atoms with Crippen LogP contribution in [0.4, 0.5) is 11.4 Å². The molecular weight excluding hydrogens is 196 g/mol. The lowest BCUT2D eigenvalue weighted by Crippen LogP contribution is -2.13. The molecule has 0 spiro atoms. The van der Waals surface area contributed by atoms with Crippen LogP contribution in [0.1, 0.15) is 0 Å². The summed E-state index contributed by atoms with van der Waals surface area (Å²) >= 11 is 0. The summed E-state index contributed by atoms with van der Waals surface area (Å²) in [6.07, 6.45) is 0.632. The number of carbonyl (C=O) groups excluding carboxylic acids is 1. The first kappa shape index (κ1) is 10.5. The van der Waals surface area contributed by atoms with Crippen LogP contribution in [0, 0.1) is 5.39 Å². The standard InChI is InChI=1S/C9H8N4O2/c10-6-1-3-7(4-2-6)13-9(15)8(14)5-12-11/h1-5,10-11,14H/p+1/b8-5+. The molecule has 0 bridgehead atoms. The Kier molecular flexibility index (Phi) is 3.24. The summed E-state index contributed by atoms with van der Waals surface area (Å²) in [6.45, 7) is 0. The van der Waals surface area contributed by atoms with Gasteiger partial charge in [-0.2, -0.15) is 0 Å². The molecule has 1 rings (SSSR count). The Hall–Kier alpha value is -2.55. The fraction of sp³-hybridized carbons (Fsp3) is 0. The van der Waals surface area contributed by atoms with Crippen LogP contribution < -0.4 is 11.1 Å². The van der Waals surface area contributed by atoms with Crippen molar-refractivity contribution in [3.05, 3.63) is 41.2 Å². The summed E-state index contributed by atoms with van der Waals surface area (Å²) < 4.78 is 0. The predicted octanol–water partition coefficient (Wildman–Crippen LogP) is 1.46. The molecule has 0 heterocycles. The van der Waals surface area contributed by atoms with Gasteiger partial charge in [0.05, 0.1) is 0 Å². The molecule has 0 atom stereocenters. The maximum Gasteiger partial charge on any atom is 0.397 e. The minimum Gasteiger partial charge on any atom is -0.498 e. The van der Waals surface area contributed by atoms with Crippen molar-refractivity contribution in [1.82, 2.24) is 0 Å². The number of carbonyl (C=O) groups is 1. The number of nitrogens with zero attached hydrogens (tertiary/aromatic N) is 2. The number of rotatable bonds is 2. The first-order valence-corrected chi connectivity index (χ1v) is 4.03. The Morgan fingerprint density at radius 1 is 1.47 bits per heavy atom. The Morgan fingerprint density at radius 2 is 2.07 bits per heavy atom. The first-order valence-electron chi connectivity index (χ1n) is 4.03. The molecule has 1 aromatic carbocycles. The molecule has 1 amide bonds. The molecule has 0 unspecified atom stereocenters. The van der Waals surface area contributed by atoms with E-state index < -0.39 is 11.7 Å². The molecule has 0 fully saturated rings. The van der Waals surface area contributed by atoms with Crippen molar-refractivity contribution in [2.75, 3.05) is 11.1 Å². The maximum atomic E-state index is 11.2. The Morgan fingerprint density at radius 3 is 2.60 bits per heavy atom. The molecule has 0 aliphatic heterocycles. The van der Waals surface area contributed by atoms with Crippen molar-refractivity contribution in [1.29, 1.82) is 5.39 Å². The number of anilines is 2. The van der Waals surface area contributed by atoms with Crippen molar-refractivity contribution in [2.45, 2.75) is 0 Å². The lowest BCUT2D eigenvalue weighted by molar-refractivity contribution is -0.115. The monoisotopic (exact) mass is 205 g/mol. The van der Waals surface area contributed by atoms with Crippen LogP contribution in [0.15, 0.2) is 36.2 Å². The maximum absolute atomic E-state index is 11.2. The number of aliphatic hydroxyl groups is 1. The zero-order chi connectivity index (χ0) is 11.3. The molecule has 6 heteroatoms. The molecule has 15 heavy (non-hydrogen) atoms. The number of diazo groups is 1. The van der Waals surface area contributed by atoms with E-state index in [9.17, 15) is 4.79 Å². The molecule has 1 aromatic rings. The summed E-state index contributed by atoms with van der Waals surface area (Å²) in [4.78, 5) is 13.7. The van der Waals surface area contributed by atoms with Crippen molar-refractivity contribution >= 4 is 17.3 Å². The molecule has 0 saturated heterocycles. The molecule has 76 valence electrons. The van der Waals surface area contributed by atoms with Crippen LogP contribution in [0.3, 0.4) is 0 Å². The number of nitrogen functional groups attached to an aromatic ring is 1. The van der Waals surface area contributed by atoms with Gasteiger partial charge in [0.1, 0.15) is 0 Å². The molecule has 0 radical (unpaired) electrons. The lowest BCUT2D eigenvalue weighted by Gasteiger charge is -2.02. The zero-order valence-electron chi connectivity index (χ0n) is 7.71. The third-order valence-corrected chi connectivity index (χ3v) is 1.58. The molecule has 0 aromatic heterocycles. The van der Waals surface area contributed by atoms with E-state index in [0.717, 1.165) is 0 Å². The smallest absolute Gasteiger partial charge is 0.397 e. The predicted molar refractivity (Wildman–Crippen MR) is 55.3 cm³/mol. The zero-order valence-corrected chi connectivity index (χ0v) is 7.71. The largest absolute Gasteiger partial charge is 0.498 e. The average Bonchev–Trinajstić information content (AvgIpc) is 2.22. The molecule has 6 nitrogen and oxygen atoms in total. The van der Waals surface area contributed by atoms with Gasteiger partial charge >= 0.3 is 6.20 Å². The van der Waals surface area contributed by atoms with E-state index in [1.54, 1.807) is 24.3 Å². The Labute approximate surface area is 85.6 Å². The number of hydrogen-bond donors (Lipinski definition) is 3. The molecule has 0 aliphatic carbocycles. The summed E-state index contributed by atoms with van der Waals surface area (Å²) in [5.74, 6) is -1.45. The van der Waals surface area contributed by atoms with Crippen LogP contribution in [-0.4, -0.2) is 11.0 Å². The number of hydrogen-bond acceptors (Lipinski definition) is 4. The van der Waals surface area contributed by atoms with E-state index >= 15 is 0 Å². The van der Waals surface area contributed by atoms with Gasteiger partial charge in [0, 0.05) is 11.4 Å². The number of nitrogens with one attached hydrogen (secondary N) is 1. The molecule has 0 saturated carbocycles. The van der Waals surface area contributed by atoms with Crippen LogP contribution in [0.2, 0.25) is 0 Å². The Balaban J connectivity index is 2.72. The first-order chi connectivity index (χ1) is 7.13. The molecule has 0 aliphatic rings. The summed E-state index contributed by atoms with van der Waals surface area (Å²) in [7, 11) is 0. The van der Waals surface area contributed by atoms with Crippen molar-refractivity contribution in [3.8, 4) is 0 Å². The normalized spacial score (nSPS) is 10.5. The van der Waals surface area contributed by atoms with Gasteiger partial charge in [-0.1, -0.05) is 0 Å². The van der Waals surface area contributed by atoms with Gasteiger partial charge in [-0.3, -0.25) is 4.79 Å². The lowest BCUT2D eigenvalue weighted by atomic mass is 10.3. The van der Waals surface area contributed by atoms with E-state index in [1.807, 2.05) is 0 Å². The van der Waals surface area contributed by atoms with Gasteiger partial charge in [0.2, 0.25) is 5.39 Å². The molecular formula is C9H9N4O2+. The second-order valence-corrected chi connectivity index (χ2v) is 2.71. The summed E-state index contributed by atoms with van der Waals surface area (Å²) in [5.41, 5.74) is 6.49. The van der Waals surface area contributed by atoms with E-state index in [-0.39, 0.29) is 0 Å². The summed E-state index contributed by atoms with van der Waals surface area (Å²) in [6, 6.07) is 6.37. The van der Waals surface area contributed by atoms with Gasteiger partial charge in [0.15, 0.2) is 4.98 Å². The highest BCUT2D eigenvalue weighted by Gasteiger charge is 2.11. The average molecular weight is 205 g/mol. The number of nitrogens with two attached hydrogens (primary N) is 1. The molecule has 4 N–H and O–H groups in total. The van der Waals surface area contributed by atoms with Crippen LogP contribution >= 0.6 is 0 Å². The van der Waals surface area contributed by atoms with Gasteiger partial charge in [-0.15, -0.1) is 0 Å². The van der Waals surface area contributed by atoms with E-state index in [1.165, 1.54) is 0 Å². The topological polar surface area (TPSA) is 103 Å². The minimum absolute atomic E-state index is 0.479. The highest BCUT2D eigenvalue weighted by atomic mass is 16.3. The quantitative estimate of drug-likeness (QED) is 0.294. The van der Waals surface area contributed by atoms with Crippen molar-refractivity contribution in [3.63, 3.8) is 0 Å². The highest BCUT2D eigenvalue weighted by Crippen LogP contribution is 2.11. The fourth-order valence-corrected chi connectivity index (χ4v) is 0.875.